The molecule has 0 bridgehead atoms. The molecule has 2 aromatic rings. The number of aromatic nitrogens is 2. The van der Waals surface area contributed by atoms with Crippen molar-refractivity contribution in [2.24, 2.45) is 14.1 Å². The van der Waals surface area contributed by atoms with E-state index in [-0.39, 0.29) is 11.7 Å². The molecule has 29 heavy (non-hydrogen) atoms. The molecule has 1 aromatic carbocycles. The summed E-state index contributed by atoms with van der Waals surface area (Å²) in [6, 6.07) is 8.73. The van der Waals surface area contributed by atoms with Crippen molar-refractivity contribution in [3.63, 3.8) is 0 Å². The van der Waals surface area contributed by atoms with Crippen LogP contribution in [0.4, 0.5) is 5.82 Å². The predicted molar refractivity (Wildman–Crippen MR) is 107 cm³/mol. The number of ether oxygens (including phenoxy) is 1. The maximum Gasteiger partial charge on any atom is 0.337 e. The van der Waals surface area contributed by atoms with E-state index in [1.807, 2.05) is 0 Å². The second-order valence-corrected chi connectivity index (χ2v) is 7.25. The average molecular weight is 394 g/mol. The number of nitrogens with zero attached hydrogens (tertiary/aromatic N) is 3. The van der Waals surface area contributed by atoms with Gasteiger partial charge in [0.05, 0.1) is 34.8 Å². The van der Waals surface area contributed by atoms with Crippen LogP contribution in [0.15, 0.2) is 45.1 Å². The first-order valence-electron chi connectivity index (χ1n) is 9.16. The number of esters is 1. The van der Waals surface area contributed by atoms with E-state index in [0.29, 0.717) is 28.2 Å². The molecule has 0 aliphatic carbocycles. The number of hydrogen-bond acceptors (Lipinski definition) is 6. The van der Waals surface area contributed by atoms with Gasteiger partial charge < -0.3 is 10.1 Å². The molecule has 1 unspecified atom stereocenters. The fraction of sp³-hybridized carbons (Fsp3) is 0.333. The van der Waals surface area contributed by atoms with Crippen LogP contribution in [0.1, 0.15) is 43.4 Å². The lowest BCUT2D eigenvalue weighted by Crippen LogP contribution is -2.43. The molecule has 0 radical (unpaired) electrons. The Bertz CT molecular complexity index is 1180. The molecule has 3 rings (SSSR count). The lowest BCUT2D eigenvalue weighted by atomic mass is 9.82. The first kappa shape index (κ1) is 20.1. The summed E-state index contributed by atoms with van der Waals surface area (Å²) < 4.78 is 7.80. The third-order valence-electron chi connectivity index (χ3n) is 4.92. The zero-order valence-corrected chi connectivity index (χ0v) is 16.9. The van der Waals surface area contributed by atoms with E-state index in [4.69, 9.17) is 10.00 Å². The van der Waals surface area contributed by atoms with Gasteiger partial charge >= 0.3 is 11.7 Å². The summed E-state index contributed by atoms with van der Waals surface area (Å²) in [5.41, 5.74) is 1.22. The first-order chi connectivity index (χ1) is 13.7. The molecule has 8 heteroatoms. The minimum Gasteiger partial charge on any atom is -0.460 e. The summed E-state index contributed by atoms with van der Waals surface area (Å²) >= 11 is 0. The maximum atomic E-state index is 13.1. The number of anilines is 1. The summed E-state index contributed by atoms with van der Waals surface area (Å²) in [4.78, 5) is 38.4. The minimum absolute atomic E-state index is 0.278. The number of benzene rings is 1. The van der Waals surface area contributed by atoms with Crippen molar-refractivity contribution in [2.45, 2.75) is 32.8 Å². The topological polar surface area (TPSA) is 106 Å². The monoisotopic (exact) mass is 394 g/mol. The second-order valence-electron chi connectivity index (χ2n) is 7.25. The Kier molecular flexibility index (Phi) is 5.16. The molecule has 150 valence electrons. The number of rotatable bonds is 3. The van der Waals surface area contributed by atoms with Crippen LogP contribution in [-0.2, 0) is 23.6 Å². The maximum absolute atomic E-state index is 13.1. The van der Waals surface area contributed by atoms with Crippen LogP contribution in [0, 0.1) is 11.3 Å². The van der Waals surface area contributed by atoms with Crippen molar-refractivity contribution >= 4 is 11.8 Å². The van der Waals surface area contributed by atoms with Crippen molar-refractivity contribution in [3.05, 3.63) is 73.1 Å². The van der Waals surface area contributed by atoms with Crippen LogP contribution in [0.3, 0.4) is 0 Å². The lowest BCUT2D eigenvalue weighted by Gasteiger charge is -2.31. The van der Waals surface area contributed by atoms with Crippen LogP contribution in [0.2, 0.25) is 0 Å². The number of hydrogen-bond donors (Lipinski definition) is 1. The van der Waals surface area contributed by atoms with Crippen LogP contribution in [0.5, 0.6) is 0 Å². The highest BCUT2D eigenvalue weighted by Crippen LogP contribution is 2.40. The molecule has 0 spiro atoms. The highest BCUT2D eigenvalue weighted by molar-refractivity contribution is 5.94. The van der Waals surface area contributed by atoms with Crippen molar-refractivity contribution in [1.82, 2.24) is 9.13 Å². The Labute approximate surface area is 167 Å². The summed E-state index contributed by atoms with van der Waals surface area (Å²) in [5.74, 6) is -0.942. The zero-order valence-electron chi connectivity index (χ0n) is 16.9. The van der Waals surface area contributed by atoms with Crippen LogP contribution >= 0.6 is 0 Å². The van der Waals surface area contributed by atoms with E-state index in [1.54, 1.807) is 52.1 Å². The summed E-state index contributed by atoms with van der Waals surface area (Å²) in [6.45, 7) is 5.20. The second kappa shape index (κ2) is 7.43. The number of fused-ring (bicyclic) bond motifs is 1. The van der Waals surface area contributed by atoms with Crippen LogP contribution in [0.25, 0.3) is 0 Å². The SMILES string of the molecule is CC1=C(C(=O)OC(C)C)C(c2ccc(C#N)cc2)c2c(n(C)c(=O)n(C)c2=O)N1. The molecule has 1 aliphatic heterocycles. The van der Waals surface area contributed by atoms with E-state index in [1.165, 1.54) is 11.6 Å². The van der Waals surface area contributed by atoms with Gasteiger partial charge in [-0.15, -0.1) is 0 Å². The van der Waals surface area contributed by atoms with E-state index in [2.05, 4.69) is 11.4 Å². The Morgan fingerprint density at radius 1 is 1.17 bits per heavy atom. The van der Waals surface area contributed by atoms with E-state index in [0.717, 1.165) is 4.57 Å². The Hall–Kier alpha value is -3.60. The van der Waals surface area contributed by atoms with Gasteiger partial charge in [-0.25, -0.2) is 9.59 Å². The van der Waals surface area contributed by atoms with Gasteiger partial charge in [0.15, 0.2) is 0 Å². The van der Waals surface area contributed by atoms with Crippen LogP contribution < -0.4 is 16.6 Å². The number of carbonyl (C=O) groups excluding carboxylic acids is 1. The Morgan fingerprint density at radius 2 is 1.79 bits per heavy atom. The first-order valence-corrected chi connectivity index (χ1v) is 9.16. The fourth-order valence-electron chi connectivity index (χ4n) is 3.52. The van der Waals surface area contributed by atoms with Gasteiger partial charge in [-0.2, -0.15) is 5.26 Å². The average Bonchev–Trinajstić information content (AvgIpc) is 2.69. The van der Waals surface area contributed by atoms with Gasteiger partial charge in [-0.1, -0.05) is 12.1 Å². The highest BCUT2D eigenvalue weighted by atomic mass is 16.5. The molecule has 2 heterocycles. The molecular formula is C21H22N4O4. The summed E-state index contributed by atoms with van der Waals surface area (Å²) in [6.07, 6.45) is -0.339. The Morgan fingerprint density at radius 3 is 2.34 bits per heavy atom. The van der Waals surface area contributed by atoms with E-state index in [9.17, 15) is 14.4 Å². The molecule has 1 atom stereocenters. The number of carbonyl (C=O) groups is 1. The van der Waals surface area contributed by atoms with Gasteiger partial charge in [-0.3, -0.25) is 13.9 Å². The normalized spacial score (nSPS) is 15.6. The standard InChI is InChI=1S/C21H22N4O4/c1-11(2)29-20(27)15-12(3)23-18-17(19(26)25(5)21(28)24(18)4)16(15)14-8-6-13(10-22)7-9-14/h6-9,11,16,23H,1-5H3. The molecule has 1 N–H and O–H groups in total. The fourth-order valence-corrected chi connectivity index (χ4v) is 3.52. The quantitative estimate of drug-likeness (QED) is 0.795. The smallest absolute Gasteiger partial charge is 0.337 e. The molecule has 8 nitrogen and oxygen atoms in total. The van der Waals surface area contributed by atoms with Crippen molar-refractivity contribution < 1.29 is 9.53 Å². The molecule has 1 aromatic heterocycles. The number of nitrogens with one attached hydrogen (secondary N) is 1. The van der Waals surface area contributed by atoms with Gasteiger partial charge in [0.2, 0.25) is 0 Å². The zero-order chi connectivity index (χ0) is 21.5. The van der Waals surface area contributed by atoms with Crippen LogP contribution in [-0.4, -0.2) is 21.2 Å². The summed E-state index contributed by atoms with van der Waals surface area (Å²) in [5, 5.41) is 12.1. The lowest BCUT2D eigenvalue weighted by molar-refractivity contribution is -0.143. The van der Waals surface area contributed by atoms with E-state index < -0.39 is 23.1 Å². The third-order valence-corrected chi connectivity index (χ3v) is 4.92. The molecular weight excluding hydrogens is 372 g/mol. The highest BCUT2D eigenvalue weighted by Gasteiger charge is 2.37. The third kappa shape index (κ3) is 3.36. The largest absolute Gasteiger partial charge is 0.460 e. The molecule has 0 fully saturated rings. The van der Waals surface area contributed by atoms with E-state index >= 15 is 0 Å². The van der Waals surface area contributed by atoms with Gasteiger partial charge in [-0.05, 0) is 38.5 Å². The minimum atomic E-state index is -0.740. The molecule has 0 saturated carbocycles. The van der Waals surface area contributed by atoms with Crippen molar-refractivity contribution in [2.75, 3.05) is 5.32 Å². The predicted octanol–water partition coefficient (Wildman–Crippen LogP) is 1.74. The Balaban J connectivity index is 2.34. The summed E-state index contributed by atoms with van der Waals surface area (Å²) in [7, 11) is 2.96. The van der Waals surface area contributed by atoms with Crippen molar-refractivity contribution in [3.8, 4) is 6.07 Å². The molecule has 0 amide bonds. The molecule has 0 saturated heterocycles. The van der Waals surface area contributed by atoms with Crippen molar-refractivity contribution in [1.29, 1.82) is 5.26 Å². The number of nitriles is 1. The van der Waals surface area contributed by atoms with Gasteiger partial charge in [0.1, 0.15) is 5.82 Å². The van der Waals surface area contributed by atoms with Gasteiger partial charge in [0, 0.05) is 19.8 Å². The van der Waals surface area contributed by atoms with Gasteiger partial charge in [0.25, 0.3) is 5.56 Å². The molecule has 1 aliphatic rings. The number of allylic oxidation sites excluding steroid dienone is 1.